The van der Waals surface area contributed by atoms with Crippen molar-refractivity contribution in [3.63, 3.8) is 0 Å². The molecule has 4 aliphatic heterocycles. The van der Waals surface area contributed by atoms with E-state index in [0.717, 1.165) is 97.5 Å². The average Bonchev–Trinajstić information content (AvgIpc) is 4.11. The number of pyridine rings is 2. The zero-order chi connectivity index (χ0) is 51.0. The Morgan fingerprint density at radius 3 is 2.52 bits per heavy atom. The lowest BCUT2D eigenvalue weighted by atomic mass is 9.81. The number of aromatic nitrogens is 2. The van der Waals surface area contributed by atoms with Crippen molar-refractivity contribution in [2.75, 3.05) is 38.5 Å². The number of fused-ring (bicyclic) bond motifs is 6. The van der Waals surface area contributed by atoms with E-state index in [-0.39, 0.29) is 82.3 Å². The van der Waals surface area contributed by atoms with Gasteiger partial charge in [-0.25, -0.2) is 19.0 Å². The summed E-state index contributed by atoms with van der Waals surface area (Å²) < 4.78 is 28.5. The Labute approximate surface area is 430 Å². The van der Waals surface area contributed by atoms with E-state index in [1.54, 1.807) is 46.2 Å². The molecule has 5 aromatic rings. The van der Waals surface area contributed by atoms with Crippen LogP contribution in [0.1, 0.15) is 131 Å². The number of piperazine rings is 1. The molecule has 4 atom stereocenters. The van der Waals surface area contributed by atoms with Crippen molar-refractivity contribution in [3.8, 4) is 22.9 Å². The van der Waals surface area contributed by atoms with Crippen LogP contribution < -0.4 is 10.9 Å². The molecule has 0 unspecified atom stereocenters. The fourth-order valence-electron chi connectivity index (χ4n) is 12.0. The number of aromatic hydroxyl groups is 2. The highest BCUT2D eigenvalue weighted by molar-refractivity contribution is 8.77. The van der Waals surface area contributed by atoms with Gasteiger partial charge < -0.3 is 39.6 Å². The summed E-state index contributed by atoms with van der Waals surface area (Å²) >= 11 is 0. The van der Waals surface area contributed by atoms with Crippen molar-refractivity contribution < 1.29 is 43.6 Å². The first-order chi connectivity index (χ1) is 35.1. The fraction of sp³-hybridized carbons (Fsp3) is 0.473. The van der Waals surface area contributed by atoms with Gasteiger partial charge in [0.25, 0.3) is 11.5 Å². The van der Waals surface area contributed by atoms with Crippen LogP contribution in [0.3, 0.4) is 0 Å². The summed E-state index contributed by atoms with van der Waals surface area (Å²) in [7, 11) is 3.63. The van der Waals surface area contributed by atoms with Crippen molar-refractivity contribution in [2.45, 2.75) is 128 Å². The molecule has 1 saturated heterocycles. The Balaban J connectivity index is 0.677. The number of phenolic OH excluding ortho intramolecular Hbond substituents is 2. The number of rotatable bonds is 12. The third-order valence-electron chi connectivity index (χ3n) is 16.2. The molecule has 6 heterocycles. The average molecular weight is 1030 g/mol. The quantitative estimate of drug-likeness (QED) is 0.0524. The first-order valence-corrected chi connectivity index (χ1v) is 28.0. The molecule has 2 amide bonds. The van der Waals surface area contributed by atoms with Crippen LogP contribution in [-0.2, 0) is 59.1 Å². The van der Waals surface area contributed by atoms with E-state index in [0.29, 0.717) is 54.0 Å². The first kappa shape index (κ1) is 49.5. The second-order valence-electron chi connectivity index (χ2n) is 20.8. The van der Waals surface area contributed by atoms with Gasteiger partial charge in [-0.2, -0.15) is 0 Å². The number of ether oxygens (including phenoxy) is 2. The number of amides is 2. The molecular formula is C55H61FN6O9S2. The van der Waals surface area contributed by atoms with Gasteiger partial charge in [-0.15, -0.1) is 0 Å². The Hall–Kier alpha value is -5.66. The van der Waals surface area contributed by atoms with E-state index in [1.165, 1.54) is 17.7 Å². The number of carbonyl (C=O) groups excluding carboxylic acids is 3. The third kappa shape index (κ3) is 8.93. The van der Waals surface area contributed by atoms with Crippen LogP contribution in [0, 0.1) is 12.7 Å². The molecule has 11 rings (SSSR count). The molecule has 2 aromatic heterocycles. The summed E-state index contributed by atoms with van der Waals surface area (Å²) in [6, 6.07) is 11.9. The molecule has 6 aliphatic rings. The van der Waals surface area contributed by atoms with Gasteiger partial charge in [0.2, 0.25) is 0 Å². The van der Waals surface area contributed by atoms with Crippen LogP contribution in [0.15, 0.2) is 47.3 Å². The highest BCUT2D eigenvalue weighted by Gasteiger charge is 2.46. The Morgan fingerprint density at radius 1 is 0.959 bits per heavy atom. The highest BCUT2D eigenvalue weighted by Crippen LogP contribution is 2.47. The predicted molar refractivity (Wildman–Crippen MR) is 277 cm³/mol. The summed E-state index contributed by atoms with van der Waals surface area (Å²) in [4.78, 5) is 66.0. The lowest BCUT2D eigenvalue weighted by Crippen LogP contribution is -2.46. The maximum absolute atomic E-state index is 15.5. The van der Waals surface area contributed by atoms with Crippen LogP contribution >= 0.6 is 21.6 Å². The number of nitrogens with zero attached hydrogens (tertiary/aromatic N) is 5. The monoisotopic (exact) mass is 1030 g/mol. The molecule has 4 N–H and O–H groups in total. The molecule has 2 aliphatic carbocycles. The van der Waals surface area contributed by atoms with Crippen LogP contribution in [0.2, 0.25) is 0 Å². The maximum Gasteiger partial charge on any atom is 0.407 e. The third-order valence-corrected chi connectivity index (χ3v) is 19.1. The van der Waals surface area contributed by atoms with E-state index in [1.807, 2.05) is 24.6 Å². The van der Waals surface area contributed by atoms with Gasteiger partial charge in [0.05, 0.1) is 45.9 Å². The van der Waals surface area contributed by atoms with Gasteiger partial charge in [0.15, 0.2) is 5.60 Å². The highest BCUT2D eigenvalue weighted by atomic mass is 33.1. The standard InChI is InChI=1S/C55H61FN6O9S2/c1-5-55(69)39-21-43-50-37(27-62(43)52(66)38(39)28-70-53(55)67)49-41(12-11-34-30(4)40(56)22-42(57-50)48(34)49)58-54(68)71-46-7-6-8-47(46)73-72-18-17-59-13-15-60(16-14-59)24-31-9-10-32-25-61(26-33(32)19-31)51(65)36-20-35(29(2)3)44(63)23-45(36)64/h9-10,19-23,29,41,46-47,63-64,69H,5-8,11-18,24-28H2,1-4H3,(H,58,68)/t41-,46+,47+,55-/m0/s1. The number of hydrogen-bond donors (Lipinski definition) is 4. The summed E-state index contributed by atoms with van der Waals surface area (Å²) in [6.45, 7) is 13.8. The molecule has 384 valence electrons. The molecule has 18 heteroatoms. The normalized spacial score (nSPS) is 22.3. The topological polar surface area (TPSA) is 187 Å². The number of cyclic esters (lactones) is 1. The van der Waals surface area contributed by atoms with Crippen molar-refractivity contribution in [1.82, 2.24) is 29.6 Å². The van der Waals surface area contributed by atoms with Crippen molar-refractivity contribution >= 4 is 50.5 Å². The second-order valence-corrected chi connectivity index (χ2v) is 23.6. The van der Waals surface area contributed by atoms with Gasteiger partial charge in [-0.05, 0) is 102 Å². The van der Waals surface area contributed by atoms with E-state index in [2.05, 4.69) is 33.3 Å². The van der Waals surface area contributed by atoms with E-state index < -0.39 is 23.7 Å². The first-order valence-electron chi connectivity index (χ1n) is 25.6. The Kier molecular flexibility index (Phi) is 13.3. The number of aliphatic hydroxyl groups is 1. The van der Waals surface area contributed by atoms with E-state index >= 15 is 4.39 Å². The van der Waals surface area contributed by atoms with E-state index in [9.17, 15) is 34.5 Å². The number of halogens is 1. The Morgan fingerprint density at radius 2 is 1.74 bits per heavy atom. The summed E-state index contributed by atoms with van der Waals surface area (Å²) in [5, 5.41) is 36.4. The number of esters is 1. The molecule has 0 spiro atoms. The summed E-state index contributed by atoms with van der Waals surface area (Å²) in [6.07, 6.45) is 2.96. The lowest BCUT2D eigenvalue weighted by molar-refractivity contribution is -0.172. The minimum Gasteiger partial charge on any atom is -0.508 e. The predicted octanol–water partition coefficient (Wildman–Crippen LogP) is 8.05. The number of alkyl carbamates (subject to hydrolysis) is 1. The molecule has 2 fully saturated rings. The molecular weight excluding hydrogens is 972 g/mol. The number of hydrogen-bond acceptors (Lipinski definition) is 14. The largest absolute Gasteiger partial charge is 0.508 e. The van der Waals surface area contributed by atoms with Crippen molar-refractivity contribution in [3.05, 3.63) is 120 Å². The SMILES string of the molecule is CC[C@@]1(O)C(=O)OCc2c1cc1n(c2=O)Cc2c-1nc1cc(F)c(C)c3c1c2[C@@H](NC(=O)O[C@@H]1CCC[C@H]1SSCCN1CCN(Cc2ccc4c(c2)CN(C(=O)c2cc(C(C)C)c(O)cc2O)C4)CC1)CC3. The van der Waals surface area contributed by atoms with Gasteiger partial charge in [0.1, 0.15) is 30.0 Å². The van der Waals surface area contributed by atoms with Gasteiger partial charge in [0, 0.05) is 86.8 Å². The molecule has 3 aromatic carbocycles. The van der Waals surface area contributed by atoms with Crippen molar-refractivity contribution in [2.24, 2.45) is 0 Å². The van der Waals surface area contributed by atoms with Gasteiger partial charge in [-0.3, -0.25) is 19.4 Å². The molecule has 73 heavy (non-hydrogen) atoms. The van der Waals surface area contributed by atoms with Gasteiger partial charge >= 0.3 is 12.1 Å². The van der Waals surface area contributed by atoms with Gasteiger partial charge in [-0.1, -0.05) is 60.6 Å². The summed E-state index contributed by atoms with van der Waals surface area (Å²) in [5.41, 5.74) is 6.50. The lowest BCUT2D eigenvalue weighted by Gasteiger charge is -2.34. The minimum atomic E-state index is -1.99. The van der Waals surface area contributed by atoms with Crippen LogP contribution in [0.4, 0.5) is 9.18 Å². The number of aryl methyl sites for hydroxylation is 1. The number of carbonyl (C=O) groups is 3. The van der Waals surface area contributed by atoms with E-state index in [4.69, 9.17) is 14.5 Å². The fourth-order valence-corrected chi connectivity index (χ4v) is 14.8. The Bertz CT molecular complexity index is 3160. The van der Waals surface area contributed by atoms with Crippen LogP contribution in [0.5, 0.6) is 11.5 Å². The van der Waals surface area contributed by atoms with Crippen LogP contribution in [0.25, 0.3) is 22.3 Å². The zero-order valence-electron chi connectivity index (χ0n) is 41.6. The molecule has 0 bridgehead atoms. The number of benzene rings is 3. The smallest absolute Gasteiger partial charge is 0.407 e. The second kappa shape index (κ2) is 19.6. The van der Waals surface area contributed by atoms with Crippen LogP contribution in [-0.4, -0.2) is 107 Å². The summed E-state index contributed by atoms with van der Waals surface area (Å²) in [5.74, 6) is -0.709. The molecule has 15 nitrogen and oxygen atoms in total. The number of phenols is 2. The zero-order valence-corrected chi connectivity index (χ0v) is 43.2. The minimum absolute atomic E-state index is 0.00488. The maximum atomic E-state index is 15.5. The number of nitrogens with one attached hydrogen (secondary N) is 1. The van der Waals surface area contributed by atoms with Crippen molar-refractivity contribution in [1.29, 1.82) is 0 Å². The molecule has 1 saturated carbocycles. The molecule has 0 radical (unpaired) electrons.